The van der Waals surface area contributed by atoms with Crippen molar-refractivity contribution in [1.82, 2.24) is 0 Å². The Hall–Kier alpha value is -0.730. The Morgan fingerprint density at radius 1 is 1.16 bits per heavy atom. The first-order chi connectivity index (χ1) is 9.13. The number of hydrogen-bond acceptors (Lipinski definition) is 2. The van der Waals surface area contributed by atoms with Crippen LogP contribution in [0.5, 0.6) is 0 Å². The summed E-state index contributed by atoms with van der Waals surface area (Å²) in [6, 6.07) is 6.38. The van der Waals surface area contributed by atoms with E-state index in [9.17, 15) is 0 Å². The Morgan fingerprint density at radius 3 is 2.32 bits per heavy atom. The van der Waals surface area contributed by atoms with Gasteiger partial charge in [-0.15, -0.1) is 0 Å². The molecular weight excluding hydrogens is 256 g/mol. The van der Waals surface area contributed by atoms with E-state index in [4.69, 9.17) is 17.3 Å². The van der Waals surface area contributed by atoms with Gasteiger partial charge < -0.3 is 10.6 Å². The third-order valence-corrected chi connectivity index (χ3v) is 3.69. The predicted octanol–water partition coefficient (Wildman–Crippen LogP) is 4.25. The van der Waals surface area contributed by atoms with Crippen molar-refractivity contribution in [2.45, 2.75) is 52.5 Å². The van der Waals surface area contributed by atoms with Crippen molar-refractivity contribution >= 4 is 17.3 Å². The highest BCUT2D eigenvalue weighted by Crippen LogP contribution is 2.31. The number of nitrogens with zero attached hydrogens (tertiary/aromatic N) is 1. The second-order valence-electron chi connectivity index (χ2n) is 5.11. The lowest BCUT2D eigenvalue weighted by Gasteiger charge is -2.28. The highest BCUT2D eigenvalue weighted by atomic mass is 35.5. The van der Waals surface area contributed by atoms with E-state index in [1.807, 2.05) is 12.1 Å². The van der Waals surface area contributed by atoms with Gasteiger partial charge in [-0.05, 0) is 37.3 Å². The van der Waals surface area contributed by atoms with Gasteiger partial charge in [-0.2, -0.15) is 0 Å². The van der Waals surface area contributed by atoms with Gasteiger partial charge >= 0.3 is 0 Å². The smallest absolute Gasteiger partial charge is 0.0642 e. The highest BCUT2D eigenvalue weighted by Gasteiger charge is 2.15. The number of rotatable bonds is 8. The van der Waals surface area contributed by atoms with Gasteiger partial charge in [0.1, 0.15) is 0 Å². The van der Waals surface area contributed by atoms with Crippen molar-refractivity contribution < 1.29 is 0 Å². The number of hydrogen-bond donors (Lipinski definition) is 1. The second kappa shape index (κ2) is 8.44. The normalized spacial score (nSPS) is 12.5. The molecule has 0 amide bonds. The summed E-state index contributed by atoms with van der Waals surface area (Å²) >= 11 is 6.44. The molecule has 0 aliphatic rings. The fourth-order valence-corrected chi connectivity index (χ4v) is 2.69. The molecule has 0 aliphatic heterocycles. The minimum Gasteiger partial charge on any atom is -0.370 e. The number of para-hydroxylation sites is 1. The average molecular weight is 283 g/mol. The van der Waals surface area contributed by atoms with E-state index < -0.39 is 0 Å². The largest absolute Gasteiger partial charge is 0.370 e. The molecule has 0 aromatic heterocycles. The zero-order valence-corrected chi connectivity index (χ0v) is 13.2. The van der Waals surface area contributed by atoms with Crippen LogP contribution in [-0.4, -0.2) is 19.1 Å². The summed E-state index contributed by atoms with van der Waals surface area (Å²) in [5.41, 5.74) is 8.58. The molecule has 0 heterocycles. The molecule has 0 aliphatic carbocycles. The second-order valence-corrected chi connectivity index (χ2v) is 5.51. The Labute approximate surface area is 122 Å². The molecule has 2 nitrogen and oxygen atoms in total. The molecule has 3 heteroatoms. The highest BCUT2D eigenvalue weighted by molar-refractivity contribution is 6.33. The fraction of sp³-hybridized carbons (Fsp3) is 0.625. The monoisotopic (exact) mass is 282 g/mol. The van der Waals surface area contributed by atoms with Gasteiger partial charge in [0.25, 0.3) is 0 Å². The van der Waals surface area contributed by atoms with Crippen LogP contribution >= 0.6 is 11.6 Å². The van der Waals surface area contributed by atoms with Crippen LogP contribution in [0.15, 0.2) is 18.2 Å². The van der Waals surface area contributed by atoms with Gasteiger partial charge in [-0.1, -0.05) is 44.5 Å². The van der Waals surface area contributed by atoms with Gasteiger partial charge in [-0.3, -0.25) is 0 Å². The summed E-state index contributed by atoms with van der Waals surface area (Å²) in [4.78, 5) is 2.40. The minimum atomic E-state index is 0.210. The summed E-state index contributed by atoms with van der Waals surface area (Å²) < 4.78 is 0. The van der Waals surface area contributed by atoms with Crippen LogP contribution in [0.1, 0.15) is 45.6 Å². The Balaban J connectivity index is 3.06. The van der Waals surface area contributed by atoms with Crippen molar-refractivity contribution in [3.63, 3.8) is 0 Å². The van der Waals surface area contributed by atoms with Crippen LogP contribution in [0.2, 0.25) is 5.02 Å². The first-order valence-electron chi connectivity index (χ1n) is 7.41. The first kappa shape index (κ1) is 16.3. The topological polar surface area (TPSA) is 29.3 Å². The van der Waals surface area contributed by atoms with Crippen LogP contribution in [0.4, 0.5) is 5.69 Å². The maximum atomic E-state index is 6.44. The van der Waals surface area contributed by atoms with Gasteiger partial charge in [0, 0.05) is 19.1 Å². The van der Waals surface area contributed by atoms with E-state index in [0.29, 0.717) is 0 Å². The lowest BCUT2D eigenvalue weighted by Crippen LogP contribution is -2.28. The van der Waals surface area contributed by atoms with Crippen LogP contribution < -0.4 is 10.6 Å². The van der Waals surface area contributed by atoms with Crippen molar-refractivity contribution in [2.24, 2.45) is 5.73 Å². The number of nitrogens with two attached hydrogens (primary N) is 1. The van der Waals surface area contributed by atoms with Crippen molar-refractivity contribution in [2.75, 3.05) is 18.0 Å². The molecule has 1 aromatic carbocycles. The Morgan fingerprint density at radius 2 is 1.79 bits per heavy atom. The standard InChI is InChI=1S/C16H27ClN2/c1-4-10-19(11-5-2)16-13(12-14(18)6-3)8-7-9-15(16)17/h7-9,14H,4-6,10-12,18H2,1-3H3. The molecule has 1 unspecified atom stereocenters. The molecule has 0 radical (unpaired) electrons. The maximum absolute atomic E-state index is 6.44. The van der Waals surface area contributed by atoms with Crippen LogP contribution in [0.25, 0.3) is 0 Å². The molecule has 108 valence electrons. The van der Waals surface area contributed by atoms with E-state index >= 15 is 0 Å². The summed E-state index contributed by atoms with van der Waals surface area (Å²) in [6.07, 6.45) is 4.15. The Kier molecular flexibility index (Phi) is 7.25. The fourth-order valence-electron chi connectivity index (χ4n) is 2.38. The summed E-state index contributed by atoms with van der Waals surface area (Å²) in [5.74, 6) is 0. The molecule has 0 saturated heterocycles. The lowest BCUT2D eigenvalue weighted by atomic mass is 10.0. The molecule has 0 spiro atoms. The first-order valence-corrected chi connectivity index (χ1v) is 7.79. The number of halogens is 1. The van der Waals surface area contributed by atoms with Crippen molar-refractivity contribution in [3.8, 4) is 0 Å². The van der Waals surface area contributed by atoms with Crippen LogP contribution in [-0.2, 0) is 6.42 Å². The molecule has 0 saturated carbocycles. The molecule has 1 atom stereocenters. The number of benzene rings is 1. The molecule has 19 heavy (non-hydrogen) atoms. The zero-order chi connectivity index (χ0) is 14.3. The van der Waals surface area contributed by atoms with E-state index in [1.165, 1.54) is 11.3 Å². The summed E-state index contributed by atoms with van der Waals surface area (Å²) in [6.45, 7) is 8.64. The molecule has 1 rings (SSSR count). The zero-order valence-electron chi connectivity index (χ0n) is 12.5. The molecule has 0 fully saturated rings. The Bertz CT molecular complexity index is 373. The third-order valence-electron chi connectivity index (χ3n) is 3.38. The third kappa shape index (κ3) is 4.70. The van der Waals surface area contributed by atoms with E-state index in [0.717, 1.165) is 43.8 Å². The van der Waals surface area contributed by atoms with Gasteiger partial charge in [0.05, 0.1) is 10.7 Å². The van der Waals surface area contributed by atoms with Crippen molar-refractivity contribution in [1.29, 1.82) is 0 Å². The summed E-state index contributed by atoms with van der Waals surface area (Å²) in [5, 5.41) is 0.850. The van der Waals surface area contributed by atoms with Crippen LogP contribution in [0, 0.1) is 0 Å². The molecular formula is C16H27ClN2. The van der Waals surface area contributed by atoms with E-state index in [1.54, 1.807) is 0 Å². The van der Waals surface area contributed by atoms with Crippen LogP contribution in [0.3, 0.4) is 0 Å². The van der Waals surface area contributed by atoms with Crippen molar-refractivity contribution in [3.05, 3.63) is 28.8 Å². The molecule has 2 N–H and O–H groups in total. The quantitative estimate of drug-likeness (QED) is 0.772. The summed E-state index contributed by atoms with van der Waals surface area (Å²) in [7, 11) is 0. The predicted molar refractivity (Wildman–Crippen MR) is 86.2 cm³/mol. The maximum Gasteiger partial charge on any atom is 0.0642 e. The minimum absolute atomic E-state index is 0.210. The lowest BCUT2D eigenvalue weighted by molar-refractivity contribution is 0.642. The van der Waals surface area contributed by atoms with E-state index in [2.05, 4.69) is 31.7 Å². The molecule has 0 bridgehead atoms. The van der Waals surface area contributed by atoms with Gasteiger partial charge in [0.2, 0.25) is 0 Å². The van der Waals surface area contributed by atoms with Gasteiger partial charge in [-0.25, -0.2) is 0 Å². The number of anilines is 1. The SMILES string of the molecule is CCCN(CCC)c1c(Cl)cccc1CC(N)CC. The van der Waals surface area contributed by atoms with Gasteiger partial charge in [0.15, 0.2) is 0 Å². The molecule has 1 aromatic rings. The average Bonchev–Trinajstić information content (AvgIpc) is 2.39. The van der Waals surface area contributed by atoms with E-state index in [-0.39, 0.29) is 6.04 Å².